The third kappa shape index (κ3) is 2.43. The molecule has 1 heterocycles. The van der Waals surface area contributed by atoms with Gasteiger partial charge < -0.3 is 9.84 Å². The molecule has 0 bridgehead atoms. The summed E-state index contributed by atoms with van der Waals surface area (Å²) in [6, 6.07) is 6.13. The van der Waals surface area contributed by atoms with Crippen LogP contribution >= 0.6 is 0 Å². The van der Waals surface area contributed by atoms with Crippen molar-refractivity contribution in [1.29, 1.82) is 0 Å². The molecule has 1 unspecified atom stereocenters. The van der Waals surface area contributed by atoms with Crippen molar-refractivity contribution in [2.24, 2.45) is 0 Å². The Morgan fingerprint density at radius 1 is 1.41 bits per heavy atom. The number of fused-ring (bicyclic) bond motifs is 1. The molecule has 0 spiro atoms. The average molecular weight is 234 g/mol. The van der Waals surface area contributed by atoms with Gasteiger partial charge in [-0.1, -0.05) is 32.9 Å². The van der Waals surface area contributed by atoms with Gasteiger partial charge in [0.05, 0.1) is 0 Å². The molecule has 0 saturated carbocycles. The SMILES string of the molecule is CC(C)(C)c1ccc2c(c1)OC(C(=O)O)CC2. The summed E-state index contributed by atoms with van der Waals surface area (Å²) in [5.74, 6) is -0.145. The van der Waals surface area contributed by atoms with Gasteiger partial charge in [0.1, 0.15) is 5.75 Å². The summed E-state index contributed by atoms with van der Waals surface area (Å²) < 4.78 is 5.53. The van der Waals surface area contributed by atoms with Gasteiger partial charge >= 0.3 is 5.97 Å². The predicted molar refractivity (Wildman–Crippen MR) is 65.5 cm³/mol. The third-order valence-corrected chi connectivity index (χ3v) is 3.15. The molecule has 1 aromatic rings. The van der Waals surface area contributed by atoms with E-state index in [9.17, 15) is 4.79 Å². The number of aryl methyl sites for hydroxylation is 1. The van der Waals surface area contributed by atoms with Gasteiger partial charge in [-0.2, -0.15) is 0 Å². The molecular weight excluding hydrogens is 216 g/mol. The molecule has 1 atom stereocenters. The highest BCUT2D eigenvalue weighted by atomic mass is 16.5. The molecule has 3 nitrogen and oxygen atoms in total. The molecule has 1 aliphatic rings. The highest BCUT2D eigenvalue weighted by molar-refractivity contribution is 5.73. The zero-order valence-corrected chi connectivity index (χ0v) is 10.5. The topological polar surface area (TPSA) is 46.5 Å². The van der Waals surface area contributed by atoms with Gasteiger partial charge in [-0.3, -0.25) is 0 Å². The van der Waals surface area contributed by atoms with E-state index in [1.807, 2.05) is 12.1 Å². The molecule has 3 heteroatoms. The first kappa shape index (κ1) is 12.0. The van der Waals surface area contributed by atoms with Crippen LogP contribution in [-0.4, -0.2) is 17.2 Å². The van der Waals surface area contributed by atoms with Crippen molar-refractivity contribution >= 4 is 5.97 Å². The van der Waals surface area contributed by atoms with Crippen molar-refractivity contribution in [1.82, 2.24) is 0 Å². The van der Waals surface area contributed by atoms with Gasteiger partial charge in [0.25, 0.3) is 0 Å². The van der Waals surface area contributed by atoms with E-state index in [4.69, 9.17) is 9.84 Å². The third-order valence-electron chi connectivity index (χ3n) is 3.15. The number of hydrogen-bond donors (Lipinski definition) is 1. The fourth-order valence-electron chi connectivity index (χ4n) is 2.01. The first-order valence-electron chi connectivity index (χ1n) is 5.91. The monoisotopic (exact) mass is 234 g/mol. The van der Waals surface area contributed by atoms with Crippen molar-refractivity contribution in [2.75, 3.05) is 0 Å². The van der Waals surface area contributed by atoms with Crippen molar-refractivity contribution in [3.63, 3.8) is 0 Å². The highest BCUT2D eigenvalue weighted by Crippen LogP contribution is 2.32. The van der Waals surface area contributed by atoms with Crippen LogP contribution in [0.4, 0.5) is 0 Å². The normalized spacial score (nSPS) is 19.4. The second-order valence-corrected chi connectivity index (χ2v) is 5.56. The Bertz CT molecular complexity index is 443. The van der Waals surface area contributed by atoms with Crippen molar-refractivity contribution < 1.29 is 14.6 Å². The molecular formula is C14H18O3. The summed E-state index contributed by atoms with van der Waals surface area (Å²) in [5, 5.41) is 8.97. The standard InChI is InChI=1S/C14H18O3/c1-14(2,3)10-6-4-9-5-7-11(13(15)16)17-12(9)8-10/h4,6,8,11H,5,7H2,1-3H3,(H,15,16). The lowest BCUT2D eigenvalue weighted by molar-refractivity contribution is -0.145. The minimum atomic E-state index is -0.878. The summed E-state index contributed by atoms with van der Waals surface area (Å²) in [4.78, 5) is 10.9. The quantitative estimate of drug-likeness (QED) is 0.812. The van der Waals surface area contributed by atoms with Gasteiger partial charge in [-0.15, -0.1) is 0 Å². The van der Waals surface area contributed by atoms with Crippen molar-refractivity contribution in [3.8, 4) is 5.75 Å². The molecule has 0 saturated heterocycles. The number of benzene rings is 1. The van der Waals surface area contributed by atoms with Crippen LogP contribution in [0.5, 0.6) is 5.75 Å². The first-order chi connectivity index (χ1) is 7.88. The molecule has 1 aliphatic heterocycles. The first-order valence-corrected chi connectivity index (χ1v) is 5.91. The number of carbonyl (C=O) groups is 1. The maximum atomic E-state index is 10.9. The van der Waals surface area contributed by atoms with Crippen LogP contribution < -0.4 is 4.74 Å². The van der Waals surface area contributed by atoms with Crippen LogP contribution in [0, 0.1) is 0 Å². The van der Waals surface area contributed by atoms with E-state index >= 15 is 0 Å². The summed E-state index contributed by atoms with van der Waals surface area (Å²) in [7, 11) is 0. The maximum Gasteiger partial charge on any atom is 0.344 e. The van der Waals surface area contributed by atoms with E-state index in [-0.39, 0.29) is 5.41 Å². The van der Waals surface area contributed by atoms with Gasteiger partial charge in [0.2, 0.25) is 0 Å². The van der Waals surface area contributed by atoms with E-state index < -0.39 is 12.1 Å². The van der Waals surface area contributed by atoms with Gasteiger partial charge in [-0.05, 0) is 35.4 Å². The minimum Gasteiger partial charge on any atom is -0.479 e. The number of ether oxygens (including phenoxy) is 1. The Morgan fingerprint density at radius 3 is 2.71 bits per heavy atom. The summed E-state index contributed by atoms with van der Waals surface area (Å²) >= 11 is 0. The Hall–Kier alpha value is -1.51. The molecule has 0 aromatic heterocycles. The Labute approximate surface area is 101 Å². The molecule has 2 rings (SSSR count). The second-order valence-electron chi connectivity index (χ2n) is 5.56. The average Bonchev–Trinajstić information content (AvgIpc) is 2.26. The van der Waals surface area contributed by atoms with Crippen molar-refractivity contribution in [2.45, 2.75) is 45.1 Å². The molecule has 0 aliphatic carbocycles. The fourth-order valence-corrected chi connectivity index (χ4v) is 2.01. The number of aliphatic carboxylic acids is 1. The predicted octanol–water partition coefficient (Wildman–Crippen LogP) is 2.76. The van der Waals surface area contributed by atoms with Crippen LogP contribution in [0.25, 0.3) is 0 Å². The lowest BCUT2D eigenvalue weighted by atomic mass is 9.85. The van der Waals surface area contributed by atoms with Crippen molar-refractivity contribution in [3.05, 3.63) is 29.3 Å². The summed E-state index contributed by atoms with van der Waals surface area (Å²) in [6.07, 6.45) is 0.631. The van der Waals surface area contributed by atoms with E-state index in [0.29, 0.717) is 6.42 Å². The lowest BCUT2D eigenvalue weighted by Crippen LogP contribution is -2.31. The smallest absolute Gasteiger partial charge is 0.344 e. The van der Waals surface area contributed by atoms with E-state index in [1.165, 1.54) is 5.56 Å². The van der Waals surface area contributed by atoms with Crippen LogP contribution in [0.15, 0.2) is 18.2 Å². The molecule has 1 N–H and O–H groups in total. The number of hydrogen-bond acceptors (Lipinski definition) is 2. The van der Waals surface area contributed by atoms with Crippen LogP contribution in [-0.2, 0) is 16.6 Å². The van der Waals surface area contributed by atoms with Gasteiger partial charge in [-0.25, -0.2) is 4.79 Å². The Balaban J connectivity index is 2.32. The highest BCUT2D eigenvalue weighted by Gasteiger charge is 2.26. The van der Waals surface area contributed by atoms with Gasteiger partial charge in [0.15, 0.2) is 6.10 Å². The number of carboxylic acid groups (broad SMARTS) is 1. The molecule has 1 aromatic carbocycles. The van der Waals surface area contributed by atoms with Crippen LogP contribution in [0.1, 0.15) is 38.3 Å². The van der Waals surface area contributed by atoms with Gasteiger partial charge in [0, 0.05) is 0 Å². The molecule has 0 radical (unpaired) electrons. The number of carboxylic acids is 1. The Morgan fingerprint density at radius 2 is 2.12 bits per heavy atom. The van der Waals surface area contributed by atoms with E-state index in [2.05, 4.69) is 26.8 Å². The van der Waals surface area contributed by atoms with Crippen LogP contribution in [0.2, 0.25) is 0 Å². The van der Waals surface area contributed by atoms with E-state index in [0.717, 1.165) is 17.7 Å². The zero-order valence-electron chi connectivity index (χ0n) is 10.5. The zero-order chi connectivity index (χ0) is 12.6. The molecule has 0 amide bonds. The number of rotatable bonds is 1. The maximum absolute atomic E-state index is 10.9. The lowest BCUT2D eigenvalue weighted by Gasteiger charge is -2.26. The molecule has 17 heavy (non-hydrogen) atoms. The summed E-state index contributed by atoms with van der Waals surface area (Å²) in [5.41, 5.74) is 2.33. The Kier molecular flexibility index (Phi) is 2.86. The summed E-state index contributed by atoms with van der Waals surface area (Å²) in [6.45, 7) is 6.39. The second kappa shape index (κ2) is 4.06. The largest absolute Gasteiger partial charge is 0.479 e. The molecule has 92 valence electrons. The fraction of sp³-hybridized carbons (Fsp3) is 0.500. The minimum absolute atomic E-state index is 0.0502. The molecule has 0 fully saturated rings. The van der Waals surface area contributed by atoms with E-state index in [1.54, 1.807) is 0 Å². The van der Waals surface area contributed by atoms with Crippen LogP contribution in [0.3, 0.4) is 0 Å².